The second-order valence-electron chi connectivity index (χ2n) is 5.78. The maximum atomic E-state index is 12.4. The van der Waals surface area contributed by atoms with E-state index in [0.29, 0.717) is 32.8 Å². The van der Waals surface area contributed by atoms with Crippen molar-refractivity contribution in [3.63, 3.8) is 0 Å². The van der Waals surface area contributed by atoms with E-state index < -0.39 is 0 Å². The summed E-state index contributed by atoms with van der Waals surface area (Å²) in [6.45, 7) is 6.69. The second-order valence-corrected chi connectivity index (χ2v) is 5.78. The maximum Gasteiger partial charge on any atom is 0.317 e. The third kappa shape index (κ3) is 3.76. The number of rotatable bonds is 5. The predicted molar refractivity (Wildman–Crippen MR) is 86.5 cm³/mol. The molecule has 0 spiro atoms. The minimum atomic E-state index is -0.206. The van der Waals surface area contributed by atoms with Gasteiger partial charge in [-0.25, -0.2) is 4.79 Å². The zero-order chi connectivity index (χ0) is 16.9. The van der Waals surface area contributed by atoms with Crippen molar-refractivity contribution in [3.8, 4) is 0 Å². The zero-order valence-electron chi connectivity index (χ0n) is 14.1. The summed E-state index contributed by atoms with van der Waals surface area (Å²) in [7, 11) is 0. The summed E-state index contributed by atoms with van der Waals surface area (Å²) < 4.78 is 13.3. The molecule has 2 aromatic heterocycles. The quantitative estimate of drug-likeness (QED) is 0.897. The van der Waals surface area contributed by atoms with Crippen LogP contribution in [0.1, 0.15) is 30.4 Å². The Bertz CT molecular complexity index is 681. The Morgan fingerprint density at radius 2 is 2.33 bits per heavy atom. The average Bonchev–Trinajstić information content (AvgIpc) is 3.23. The van der Waals surface area contributed by atoms with Gasteiger partial charge in [0.1, 0.15) is 29.8 Å². The Kier molecular flexibility index (Phi) is 5.14. The van der Waals surface area contributed by atoms with E-state index >= 15 is 0 Å². The minimum Gasteiger partial charge on any atom is -0.464 e. The number of carbonyl (C=O) groups is 1. The van der Waals surface area contributed by atoms with Crippen molar-refractivity contribution in [1.82, 2.24) is 25.0 Å². The van der Waals surface area contributed by atoms with Crippen molar-refractivity contribution in [1.29, 1.82) is 0 Å². The number of morpholine rings is 1. The van der Waals surface area contributed by atoms with E-state index in [4.69, 9.17) is 9.15 Å². The van der Waals surface area contributed by atoms with Crippen molar-refractivity contribution in [2.24, 2.45) is 0 Å². The number of hydrogen-bond acceptors (Lipinski definition) is 5. The highest BCUT2D eigenvalue weighted by Crippen LogP contribution is 2.23. The van der Waals surface area contributed by atoms with Crippen molar-refractivity contribution < 1.29 is 13.9 Å². The number of furan rings is 1. The molecule has 1 aliphatic heterocycles. The van der Waals surface area contributed by atoms with Crippen molar-refractivity contribution in [3.05, 3.63) is 35.8 Å². The number of nitrogens with one attached hydrogen (secondary N) is 1. The average molecular weight is 333 g/mol. The van der Waals surface area contributed by atoms with Crippen LogP contribution in [-0.4, -0.2) is 51.9 Å². The molecule has 0 aliphatic carbocycles. The lowest BCUT2D eigenvalue weighted by atomic mass is 10.2. The lowest BCUT2D eigenvalue weighted by Gasteiger charge is -2.32. The van der Waals surface area contributed by atoms with Crippen LogP contribution in [0.15, 0.2) is 22.9 Å². The summed E-state index contributed by atoms with van der Waals surface area (Å²) >= 11 is 0. The highest BCUT2D eigenvalue weighted by Gasteiger charge is 2.27. The molecule has 8 heteroatoms. The van der Waals surface area contributed by atoms with E-state index in [1.807, 2.05) is 30.5 Å². The highest BCUT2D eigenvalue weighted by atomic mass is 16.5. The van der Waals surface area contributed by atoms with Gasteiger partial charge in [-0.15, -0.1) is 10.2 Å². The molecule has 1 fully saturated rings. The summed E-state index contributed by atoms with van der Waals surface area (Å²) in [5, 5.41) is 10.9. The molecule has 0 bridgehead atoms. The Labute approximate surface area is 140 Å². The first kappa shape index (κ1) is 16.5. The molecule has 0 saturated carbocycles. The van der Waals surface area contributed by atoms with Gasteiger partial charge in [-0.2, -0.15) is 0 Å². The Morgan fingerprint density at radius 3 is 3.08 bits per heavy atom. The number of urea groups is 1. The third-order valence-corrected chi connectivity index (χ3v) is 4.07. The molecule has 0 radical (unpaired) electrons. The normalized spacial score (nSPS) is 17.9. The third-order valence-electron chi connectivity index (χ3n) is 4.07. The Hall–Kier alpha value is -2.35. The summed E-state index contributed by atoms with van der Waals surface area (Å²) in [6, 6.07) is 3.72. The summed E-state index contributed by atoms with van der Waals surface area (Å²) in [5.41, 5.74) is 0. The summed E-state index contributed by atoms with van der Waals surface area (Å²) in [4.78, 5) is 14.1. The number of aromatic nitrogens is 3. The number of nitrogens with zero attached hydrogens (tertiary/aromatic N) is 4. The molecule has 130 valence electrons. The fraction of sp³-hybridized carbons (Fsp3) is 0.562. The molecule has 1 atom stereocenters. The molecule has 1 N–H and O–H groups in total. The molecule has 3 heterocycles. The van der Waals surface area contributed by atoms with Crippen LogP contribution in [0.4, 0.5) is 4.79 Å². The van der Waals surface area contributed by atoms with Crippen molar-refractivity contribution in [2.45, 2.75) is 32.9 Å². The number of ether oxygens (including phenoxy) is 1. The molecule has 1 unspecified atom stereocenters. The van der Waals surface area contributed by atoms with Crippen LogP contribution in [0.2, 0.25) is 0 Å². The number of hydrogen-bond donors (Lipinski definition) is 1. The van der Waals surface area contributed by atoms with E-state index in [1.165, 1.54) is 0 Å². The number of amides is 2. The van der Waals surface area contributed by atoms with E-state index in [0.717, 1.165) is 23.8 Å². The first-order valence-corrected chi connectivity index (χ1v) is 8.24. The van der Waals surface area contributed by atoms with Crippen LogP contribution in [0, 0.1) is 6.92 Å². The second kappa shape index (κ2) is 7.48. The van der Waals surface area contributed by atoms with E-state index in [2.05, 4.69) is 15.5 Å². The van der Waals surface area contributed by atoms with Crippen LogP contribution < -0.4 is 5.32 Å². The predicted octanol–water partition coefficient (Wildman–Crippen LogP) is 1.53. The van der Waals surface area contributed by atoms with E-state index in [-0.39, 0.29) is 12.1 Å². The molecular formula is C16H23N5O3. The minimum absolute atomic E-state index is 0.0855. The smallest absolute Gasteiger partial charge is 0.317 e. The zero-order valence-corrected chi connectivity index (χ0v) is 14.1. The van der Waals surface area contributed by atoms with Crippen LogP contribution in [0.3, 0.4) is 0 Å². The molecule has 1 saturated heterocycles. The molecule has 2 amide bonds. The van der Waals surface area contributed by atoms with Gasteiger partial charge >= 0.3 is 6.03 Å². The van der Waals surface area contributed by atoms with Crippen molar-refractivity contribution >= 4 is 6.03 Å². The molecule has 1 aliphatic rings. The van der Waals surface area contributed by atoms with Gasteiger partial charge in [-0.1, -0.05) is 6.92 Å². The van der Waals surface area contributed by atoms with Gasteiger partial charge in [0.05, 0.1) is 13.2 Å². The SMILES string of the molecule is CCc1nncn1CCNC(=O)N1CCOC(c2ccc(C)o2)C1. The van der Waals surface area contributed by atoms with Crippen molar-refractivity contribution in [2.75, 3.05) is 26.2 Å². The molecule has 3 rings (SSSR count). The van der Waals surface area contributed by atoms with Gasteiger partial charge in [0.15, 0.2) is 0 Å². The Morgan fingerprint density at radius 1 is 1.46 bits per heavy atom. The van der Waals surface area contributed by atoms with Gasteiger partial charge in [-0.3, -0.25) is 0 Å². The fourth-order valence-corrected chi connectivity index (χ4v) is 2.77. The summed E-state index contributed by atoms with van der Waals surface area (Å²) in [5.74, 6) is 2.53. The largest absolute Gasteiger partial charge is 0.464 e. The molecular weight excluding hydrogens is 310 g/mol. The van der Waals surface area contributed by atoms with Gasteiger partial charge < -0.3 is 23.9 Å². The van der Waals surface area contributed by atoms with Crippen LogP contribution in [-0.2, 0) is 17.7 Å². The van der Waals surface area contributed by atoms with Crippen LogP contribution in [0.25, 0.3) is 0 Å². The van der Waals surface area contributed by atoms with E-state index in [9.17, 15) is 4.79 Å². The standard InChI is InChI=1S/C16H23N5O3/c1-3-15-19-18-11-21(15)7-6-17-16(22)20-8-9-23-14(10-20)13-5-4-12(2)24-13/h4-5,11,14H,3,6-10H2,1-2H3,(H,17,22). The molecule has 0 aromatic carbocycles. The monoisotopic (exact) mass is 333 g/mol. The number of aryl methyl sites for hydroxylation is 2. The fourth-order valence-electron chi connectivity index (χ4n) is 2.77. The van der Waals surface area contributed by atoms with Gasteiger partial charge in [0, 0.05) is 26.1 Å². The lowest BCUT2D eigenvalue weighted by molar-refractivity contribution is -0.0263. The van der Waals surface area contributed by atoms with Crippen LogP contribution >= 0.6 is 0 Å². The topological polar surface area (TPSA) is 85.4 Å². The van der Waals surface area contributed by atoms with Gasteiger partial charge in [-0.05, 0) is 19.1 Å². The van der Waals surface area contributed by atoms with Gasteiger partial charge in [0.2, 0.25) is 0 Å². The Balaban J connectivity index is 1.49. The molecule has 8 nitrogen and oxygen atoms in total. The van der Waals surface area contributed by atoms with E-state index in [1.54, 1.807) is 11.2 Å². The first-order chi connectivity index (χ1) is 11.7. The van der Waals surface area contributed by atoms with Crippen LogP contribution in [0.5, 0.6) is 0 Å². The molecule has 2 aromatic rings. The highest BCUT2D eigenvalue weighted by molar-refractivity contribution is 5.74. The first-order valence-electron chi connectivity index (χ1n) is 8.24. The maximum absolute atomic E-state index is 12.4. The lowest BCUT2D eigenvalue weighted by Crippen LogP contribution is -2.47. The molecule has 24 heavy (non-hydrogen) atoms. The summed E-state index contributed by atoms with van der Waals surface area (Å²) in [6.07, 6.45) is 2.30. The number of carbonyl (C=O) groups excluding carboxylic acids is 1. The van der Waals surface area contributed by atoms with Gasteiger partial charge in [0.25, 0.3) is 0 Å².